The highest BCUT2D eigenvalue weighted by Gasteiger charge is 2.17. The zero-order chi connectivity index (χ0) is 17.4. The molecule has 0 unspecified atom stereocenters. The molecule has 3 rings (SSSR count). The van der Waals surface area contributed by atoms with Crippen molar-refractivity contribution in [3.05, 3.63) is 69.0 Å². The van der Waals surface area contributed by atoms with Gasteiger partial charge in [0.15, 0.2) is 5.69 Å². The van der Waals surface area contributed by atoms with Gasteiger partial charge in [0, 0.05) is 12.7 Å². The Morgan fingerprint density at radius 2 is 1.96 bits per heavy atom. The van der Waals surface area contributed by atoms with Crippen LogP contribution in [0.2, 0.25) is 5.02 Å². The van der Waals surface area contributed by atoms with E-state index in [1.165, 1.54) is 36.0 Å². The second-order valence-corrected chi connectivity index (χ2v) is 5.45. The van der Waals surface area contributed by atoms with Crippen LogP contribution in [0, 0.1) is 11.6 Å². The fourth-order valence-corrected chi connectivity index (χ4v) is 2.44. The fourth-order valence-electron chi connectivity index (χ4n) is 2.26. The van der Waals surface area contributed by atoms with Crippen LogP contribution in [-0.4, -0.2) is 15.7 Å². The van der Waals surface area contributed by atoms with Crippen LogP contribution < -0.4 is 10.7 Å². The van der Waals surface area contributed by atoms with Gasteiger partial charge >= 0.3 is 0 Å². The van der Waals surface area contributed by atoms with E-state index >= 15 is 0 Å². The monoisotopic (exact) mass is 349 g/mol. The van der Waals surface area contributed by atoms with Crippen molar-refractivity contribution in [2.24, 2.45) is 7.05 Å². The molecule has 2 aromatic carbocycles. The van der Waals surface area contributed by atoms with E-state index in [1.54, 1.807) is 0 Å². The third-order valence-electron chi connectivity index (χ3n) is 3.41. The smallest absolute Gasteiger partial charge is 0.280 e. The lowest BCUT2D eigenvalue weighted by molar-refractivity contribution is 0.101. The third kappa shape index (κ3) is 2.85. The summed E-state index contributed by atoms with van der Waals surface area (Å²) in [5.41, 5.74) is -0.512. The van der Waals surface area contributed by atoms with E-state index in [2.05, 4.69) is 10.4 Å². The summed E-state index contributed by atoms with van der Waals surface area (Å²) < 4.78 is 27.8. The molecule has 0 aliphatic rings. The molecule has 8 heteroatoms. The number of rotatable bonds is 2. The van der Waals surface area contributed by atoms with Gasteiger partial charge in [0.1, 0.15) is 11.6 Å². The Morgan fingerprint density at radius 1 is 1.21 bits per heavy atom. The maximum Gasteiger partial charge on any atom is 0.280 e. The number of aryl methyl sites for hydroxylation is 1. The standard InChI is InChI=1S/C16H10ClF2N3O2/c1-22-13-5-2-8(18)6-10(13)15(23)14(21-22)16(24)20-9-3-4-12(19)11(17)7-9/h2-7H,1H3,(H,20,24). The predicted molar refractivity (Wildman–Crippen MR) is 86.3 cm³/mol. The first-order chi connectivity index (χ1) is 11.4. The first-order valence-electron chi connectivity index (χ1n) is 6.80. The Labute approximate surface area is 139 Å². The summed E-state index contributed by atoms with van der Waals surface area (Å²) in [6.45, 7) is 0. The minimum absolute atomic E-state index is 0.0368. The summed E-state index contributed by atoms with van der Waals surface area (Å²) in [6.07, 6.45) is 0. The van der Waals surface area contributed by atoms with E-state index in [-0.39, 0.29) is 16.1 Å². The molecular weight excluding hydrogens is 340 g/mol. The van der Waals surface area contributed by atoms with Crippen LogP contribution >= 0.6 is 11.6 Å². The first-order valence-corrected chi connectivity index (χ1v) is 7.17. The number of aromatic nitrogens is 2. The average Bonchev–Trinajstić information content (AvgIpc) is 2.54. The molecule has 0 bridgehead atoms. The molecule has 0 spiro atoms. The van der Waals surface area contributed by atoms with E-state index in [0.717, 1.165) is 12.1 Å². The number of hydrogen-bond acceptors (Lipinski definition) is 3. The van der Waals surface area contributed by atoms with Crippen molar-refractivity contribution in [1.29, 1.82) is 0 Å². The summed E-state index contributed by atoms with van der Waals surface area (Å²) in [5.74, 6) is -2.03. The molecular formula is C16H10ClF2N3O2. The van der Waals surface area contributed by atoms with Crippen molar-refractivity contribution in [3.63, 3.8) is 0 Å². The number of nitrogens with one attached hydrogen (secondary N) is 1. The van der Waals surface area contributed by atoms with Crippen molar-refractivity contribution in [3.8, 4) is 0 Å². The highest BCUT2D eigenvalue weighted by molar-refractivity contribution is 6.31. The maximum atomic E-state index is 13.4. The van der Waals surface area contributed by atoms with Gasteiger partial charge in [-0.2, -0.15) is 5.10 Å². The second kappa shape index (κ2) is 6.01. The number of amides is 1. The quantitative estimate of drug-likeness (QED) is 0.773. The van der Waals surface area contributed by atoms with E-state index in [0.29, 0.717) is 5.52 Å². The van der Waals surface area contributed by atoms with Crippen molar-refractivity contribution < 1.29 is 13.6 Å². The summed E-state index contributed by atoms with van der Waals surface area (Å²) in [5, 5.41) is 6.21. The van der Waals surface area contributed by atoms with Crippen LogP contribution in [0.1, 0.15) is 10.5 Å². The van der Waals surface area contributed by atoms with Crippen molar-refractivity contribution >= 4 is 34.1 Å². The van der Waals surface area contributed by atoms with Crippen LogP contribution in [0.15, 0.2) is 41.2 Å². The number of hydrogen-bond donors (Lipinski definition) is 1. The largest absolute Gasteiger partial charge is 0.320 e. The van der Waals surface area contributed by atoms with Crippen LogP contribution in [0.3, 0.4) is 0 Å². The molecule has 3 aromatic rings. The molecule has 5 nitrogen and oxygen atoms in total. The first kappa shape index (κ1) is 16.1. The average molecular weight is 350 g/mol. The van der Waals surface area contributed by atoms with Crippen LogP contribution in [0.4, 0.5) is 14.5 Å². The molecule has 0 radical (unpaired) electrons. The van der Waals surface area contributed by atoms with Gasteiger partial charge in [-0.05, 0) is 36.4 Å². The lowest BCUT2D eigenvalue weighted by Gasteiger charge is -2.09. The lowest BCUT2D eigenvalue weighted by Crippen LogP contribution is -2.26. The number of nitrogens with zero attached hydrogens (tertiary/aromatic N) is 2. The molecule has 0 saturated heterocycles. The Balaban J connectivity index is 2.05. The lowest BCUT2D eigenvalue weighted by atomic mass is 10.2. The van der Waals surface area contributed by atoms with Gasteiger partial charge in [-0.3, -0.25) is 14.3 Å². The number of carbonyl (C=O) groups is 1. The summed E-state index contributed by atoms with van der Waals surface area (Å²) in [6, 6.07) is 7.23. The summed E-state index contributed by atoms with van der Waals surface area (Å²) >= 11 is 5.65. The van der Waals surface area contributed by atoms with Gasteiger partial charge in [0.05, 0.1) is 15.9 Å². The van der Waals surface area contributed by atoms with Gasteiger partial charge in [-0.15, -0.1) is 0 Å². The van der Waals surface area contributed by atoms with Crippen LogP contribution in [0.5, 0.6) is 0 Å². The summed E-state index contributed by atoms with van der Waals surface area (Å²) in [7, 11) is 1.53. The molecule has 1 amide bonds. The Bertz CT molecular complexity index is 1030. The molecule has 0 aliphatic carbocycles. The molecule has 0 fully saturated rings. The van der Waals surface area contributed by atoms with Gasteiger partial charge in [-0.1, -0.05) is 11.6 Å². The fraction of sp³-hybridized carbons (Fsp3) is 0.0625. The number of halogens is 3. The molecule has 0 saturated carbocycles. The Morgan fingerprint density at radius 3 is 2.67 bits per heavy atom. The zero-order valence-electron chi connectivity index (χ0n) is 12.3. The molecule has 0 atom stereocenters. The second-order valence-electron chi connectivity index (χ2n) is 5.05. The number of benzene rings is 2. The Kier molecular flexibility index (Phi) is 4.02. The SMILES string of the molecule is Cn1nc(C(=O)Nc2ccc(F)c(Cl)c2)c(=O)c2cc(F)ccc21. The number of carbonyl (C=O) groups excluding carboxylic acids is 1. The van der Waals surface area contributed by atoms with Crippen LogP contribution in [0.25, 0.3) is 10.9 Å². The van der Waals surface area contributed by atoms with Crippen molar-refractivity contribution in [2.75, 3.05) is 5.32 Å². The Hall–Kier alpha value is -2.80. The van der Waals surface area contributed by atoms with Gasteiger partial charge in [0.2, 0.25) is 5.43 Å². The van der Waals surface area contributed by atoms with Gasteiger partial charge in [-0.25, -0.2) is 8.78 Å². The predicted octanol–water partition coefficient (Wildman–Crippen LogP) is 3.12. The minimum atomic E-state index is -0.801. The van der Waals surface area contributed by atoms with Crippen LogP contribution in [-0.2, 0) is 7.05 Å². The highest BCUT2D eigenvalue weighted by Crippen LogP contribution is 2.19. The van der Waals surface area contributed by atoms with Crippen molar-refractivity contribution in [1.82, 2.24) is 9.78 Å². The summed E-state index contributed by atoms with van der Waals surface area (Å²) in [4.78, 5) is 24.7. The number of fused-ring (bicyclic) bond motifs is 1. The number of anilines is 1. The van der Waals surface area contributed by atoms with Crippen molar-refractivity contribution in [2.45, 2.75) is 0 Å². The van der Waals surface area contributed by atoms with Gasteiger partial charge < -0.3 is 5.32 Å². The van der Waals surface area contributed by atoms with E-state index in [4.69, 9.17) is 11.6 Å². The molecule has 1 heterocycles. The molecule has 1 N–H and O–H groups in total. The maximum absolute atomic E-state index is 13.4. The van der Waals surface area contributed by atoms with E-state index < -0.39 is 28.7 Å². The highest BCUT2D eigenvalue weighted by atomic mass is 35.5. The normalized spacial score (nSPS) is 10.8. The minimum Gasteiger partial charge on any atom is -0.320 e. The third-order valence-corrected chi connectivity index (χ3v) is 3.70. The molecule has 24 heavy (non-hydrogen) atoms. The molecule has 122 valence electrons. The topological polar surface area (TPSA) is 64.0 Å². The van der Waals surface area contributed by atoms with Gasteiger partial charge in [0.25, 0.3) is 5.91 Å². The zero-order valence-corrected chi connectivity index (χ0v) is 13.1. The van der Waals surface area contributed by atoms with E-state index in [1.807, 2.05) is 0 Å². The molecule has 1 aromatic heterocycles. The van der Waals surface area contributed by atoms with E-state index in [9.17, 15) is 18.4 Å². The molecule has 0 aliphatic heterocycles.